The third-order valence-electron chi connectivity index (χ3n) is 5.34. The number of nitrogens with one attached hydrogen (secondary N) is 2. The van der Waals surface area contributed by atoms with Crippen molar-refractivity contribution in [2.24, 2.45) is 0 Å². The highest BCUT2D eigenvalue weighted by Crippen LogP contribution is 2.24. The maximum Gasteiger partial charge on any atom is 0.339 e. The summed E-state index contributed by atoms with van der Waals surface area (Å²) in [6.07, 6.45) is 1.34. The molecule has 0 fully saturated rings. The van der Waals surface area contributed by atoms with E-state index >= 15 is 0 Å². The largest absolute Gasteiger partial charge is 0.504 e. The van der Waals surface area contributed by atoms with Gasteiger partial charge in [0.15, 0.2) is 11.4 Å². The van der Waals surface area contributed by atoms with E-state index in [0.717, 1.165) is 5.39 Å². The van der Waals surface area contributed by atoms with Gasteiger partial charge in [-0.15, -0.1) is 0 Å². The van der Waals surface area contributed by atoms with Gasteiger partial charge in [-0.3, -0.25) is 20.4 Å². The number of aryl methyl sites for hydroxylation is 1. The molecule has 34 heavy (non-hydrogen) atoms. The normalized spacial score (nSPS) is 10.8. The van der Waals surface area contributed by atoms with Crippen molar-refractivity contribution in [1.82, 2.24) is 20.6 Å². The number of rotatable bonds is 6. The van der Waals surface area contributed by atoms with Crippen LogP contribution in [0.25, 0.3) is 16.7 Å². The summed E-state index contributed by atoms with van der Waals surface area (Å²) in [5.74, 6) is -1.07. The molecule has 4 rings (SSSR count). The average Bonchev–Trinajstić information content (AvgIpc) is 3.24. The first-order chi connectivity index (χ1) is 16.4. The van der Waals surface area contributed by atoms with Crippen molar-refractivity contribution in [2.45, 2.75) is 19.8 Å². The Kier molecular flexibility index (Phi) is 6.30. The van der Waals surface area contributed by atoms with Crippen LogP contribution in [0.15, 0.2) is 63.9 Å². The number of hydrogen-bond donors (Lipinski definition) is 3. The Morgan fingerprint density at radius 2 is 1.91 bits per heavy atom. The van der Waals surface area contributed by atoms with Crippen molar-refractivity contribution < 1.29 is 23.8 Å². The third-order valence-corrected chi connectivity index (χ3v) is 5.34. The van der Waals surface area contributed by atoms with Crippen molar-refractivity contribution >= 4 is 22.8 Å². The van der Waals surface area contributed by atoms with E-state index in [9.17, 15) is 19.5 Å². The molecule has 10 nitrogen and oxygen atoms in total. The van der Waals surface area contributed by atoms with Gasteiger partial charge in [0, 0.05) is 23.4 Å². The Labute approximate surface area is 193 Å². The van der Waals surface area contributed by atoms with Gasteiger partial charge in [0.1, 0.15) is 11.3 Å². The number of para-hydroxylation sites is 1. The summed E-state index contributed by atoms with van der Waals surface area (Å²) in [7, 11) is 1.52. The summed E-state index contributed by atoms with van der Waals surface area (Å²) < 4.78 is 11.9. The summed E-state index contributed by atoms with van der Waals surface area (Å²) >= 11 is 0. The van der Waals surface area contributed by atoms with Crippen molar-refractivity contribution in [1.29, 1.82) is 0 Å². The molecule has 0 aliphatic rings. The molecular formula is C24H22N4O6. The van der Waals surface area contributed by atoms with Gasteiger partial charge in [-0.1, -0.05) is 18.2 Å². The fourth-order valence-corrected chi connectivity index (χ4v) is 3.52. The maximum absolute atomic E-state index is 12.4. The van der Waals surface area contributed by atoms with Gasteiger partial charge in [-0.25, -0.2) is 9.48 Å². The molecule has 0 atom stereocenters. The summed E-state index contributed by atoms with van der Waals surface area (Å²) in [4.78, 5) is 37.1. The number of nitrogens with zero attached hydrogens (tertiary/aromatic N) is 2. The Hall–Kier alpha value is -4.60. The molecule has 0 aliphatic carbocycles. The molecule has 2 amide bonds. The molecular weight excluding hydrogens is 440 g/mol. The van der Waals surface area contributed by atoms with Crippen LogP contribution < -0.4 is 21.2 Å². The number of fused-ring (bicyclic) bond motifs is 1. The molecule has 2 aromatic carbocycles. The van der Waals surface area contributed by atoms with Crippen LogP contribution in [-0.4, -0.2) is 33.8 Å². The first-order valence-electron chi connectivity index (χ1n) is 10.4. The van der Waals surface area contributed by atoms with Gasteiger partial charge in [0.2, 0.25) is 5.91 Å². The number of hydrazine groups is 1. The lowest BCUT2D eigenvalue weighted by atomic mass is 10.0. The molecule has 0 saturated heterocycles. The summed E-state index contributed by atoms with van der Waals surface area (Å²) in [5.41, 5.74) is 5.85. The van der Waals surface area contributed by atoms with E-state index in [0.29, 0.717) is 28.1 Å². The lowest BCUT2D eigenvalue weighted by Gasteiger charge is -2.09. The first kappa shape index (κ1) is 22.6. The monoisotopic (exact) mass is 462 g/mol. The molecule has 2 aromatic heterocycles. The Morgan fingerprint density at radius 3 is 2.65 bits per heavy atom. The number of aromatic nitrogens is 2. The van der Waals surface area contributed by atoms with Crippen molar-refractivity contribution in [3.05, 3.63) is 82.0 Å². The molecule has 0 spiro atoms. The Bertz CT molecular complexity index is 1420. The number of methoxy groups -OCH3 is 1. The van der Waals surface area contributed by atoms with Crippen molar-refractivity contribution in [3.8, 4) is 17.2 Å². The molecule has 4 aromatic rings. The van der Waals surface area contributed by atoms with Crippen LogP contribution in [0, 0.1) is 6.92 Å². The molecule has 0 radical (unpaired) electrons. The fourth-order valence-electron chi connectivity index (χ4n) is 3.52. The molecule has 0 unspecified atom stereocenters. The molecule has 174 valence electrons. The zero-order valence-electron chi connectivity index (χ0n) is 18.5. The second-order valence-electron chi connectivity index (χ2n) is 7.50. The number of amides is 2. The fraction of sp³-hybridized carbons (Fsp3) is 0.167. The number of carbonyl (C=O) groups is 2. The van der Waals surface area contributed by atoms with Gasteiger partial charge in [-0.05, 0) is 43.2 Å². The average molecular weight is 462 g/mol. The Balaban J connectivity index is 1.39. The highest BCUT2D eigenvalue weighted by atomic mass is 16.5. The van der Waals surface area contributed by atoms with E-state index < -0.39 is 17.4 Å². The highest BCUT2D eigenvalue weighted by Gasteiger charge is 2.18. The zero-order valence-corrected chi connectivity index (χ0v) is 18.5. The number of aromatic hydroxyl groups is 1. The molecule has 0 bridgehead atoms. The van der Waals surface area contributed by atoms with Gasteiger partial charge in [0.05, 0.1) is 19.0 Å². The van der Waals surface area contributed by atoms with Crippen LogP contribution >= 0.6 is 0 Å². The summed E-state index contributed by atoms with van der Waals surface area (Å²) in [6, 6.07) is 14.1. The van der Waals surface area contributed by atoms with E-state index in [1.54, 1.807) is 49.4 Å². The Morgan fingerprint density at radius 1 is 1.15 bits per heavy atom. The van der Waals surface area contributed by atoms with E-state index in [4.69, 9.17) is 9.15 Å². The zero-order chi connectivity index (χ0) is 24.2. The minimum Gasteiger partial charge on any atom is -0.504 e. The molecule has 0 saturated carbocycles. The number of hydrogen-bond acceptors (Lipinski definition) is 7. The minimum absolute atomic E-state index is 0.0714. The first-order valence-corrected chi connectivity index (χ1v) is 10.4. The number of ether oxygens (including phenoxy) is 1. The quantitative estimate of drug-likeness (QED) is 0.296. The maximum atomic E-state index is 12.4. The summed E-state index contributed by atoms with van der Waals surface area (Å²) in [5, 5.41) is 14.9. The van der Waals surface area contributed by atoms with Crippen LogP contribution in [0.3, 0.4) is 0 Å². The van der Waals surface area contributed by atoms with Gasteiger partial charge in [-0.2, -0.15) is 5.10 Å². The molecule has 3 N–H and O–H groups in total. The smallest absolute Gasteiger partial charge is 0.339 e. The molecule has 2 heterocycles. The van der Waals surface area contributed by atoms with E-state index in [2.05, 4.69) is 16.0 Å². The SMILES string of the molecule is COc1ccc2c(C)c(CCC(=O)NNC(=O)c3nn(-c4ccccc4)cc3O)c(=O)oc2c1. The standard InChI is InChI=1S/C24H22N4O6/c1-14-17-9-8-16(33-2)12-20(17)34-24(32)18(14)10-11-21(30)25-26-23(31)22-19(29)13-28(27-22)15-6-4-3-5-7-15/h3-9,12-13,29H,10-11H2,1-2H3,(H,25,30)(H,26,31). The molecule has 10 heteroatoms. The second kappa shape index (κ2) is 9.49. The van der Waals surface area contributed by atoms with Gasteiger partial charge in [0.25, 0.3) is 5.91 Å². The predicted molar refractivity (Wildman–Crippen MR) is 123 cm³/mol. The highest BCUT2D eigenvalue weighted by molar-refractivity contribution is 5.96. The second-order valence-corrected chi connectivity index (χ2v) is 7.50. The van der Waals surface area contributed by atoms with Crippen LogP contribution in [0.1, 0.15) is 28.0 Å². The summed E-state index contributed by atoms with van der Waals surface area (Å²) in [6.45, 7) is 1.78. The number of benzene rings is 2. The van der Waals surface area contributed by atoms with Gasteiger partial charge >= 0.3 is 5.63 Å². The third kappa shape index (κ3) is 4.60. The van der Waals surface area contributed by atoms with Crippen molar-refractivity contribution in [3.63, 3.8) is 0 Å². The van der Waals surface area contributed by atoms with Crippen LogP contribution in [0.2, 0.25) is 0 Å². The lowest BCUT2D eigenvalue weighted by Crippen LogP contribution is -2.42. The predicted octanol–water partition coefficient (Wildman–Crippen LogP) is 2.40. The lowest BCUT2D eigenvalue weighted by molar-refractivity contribution is -0.121. The van der Waals surface area contributed by atoms with Crippen LogP contribution in [0.4, 0.5) is 0 Å². The van der Waals surface area contributed by atoms with Crippen molar-refractivity contribution in [2.75, 3.05) is 7.11 Å². The number of carbonyl (C=O) groups excluding carboxylic acids is 2. The van der Waals surface area contributed by atoms with Gasteiger partial charge < -0.3 is 14.3 Å². The minimum atomic E-state index is -0.782. The van der Waals surface area contributed by atoms with E-state index in [1.165, 1.54) is 18.0 Å². The van der Waals surface area contributed by atoms with Crippen LogP contribution in [0.5, 0.6) is 11.5 Å². The van der Waals surface area contributed by atoms with Crippen LogP contribution in [-0.2, 0) is 11.2 Å². The van der Waals surface area contributed by atoms with E-state index in [-0.39, 0.29) is 24.3 Å². The van der Waals surface area contributed by atoms with E-state index in [1.807, 2.05) is 6.07 Å². The topological polar surface area (TPSA) is 136 Å². The molecule has 0 aliphatic heterocycles.